The van der Waals surface area contributed by atoms with Crippen molar-refractivity contribution < 1.29 is 17.9 Å². The molecule has 0 spiro atoms. The highest BCUT2D eigenvalue weighted by atomic mass is 35.5. The van der Waals surface area contributed by atoms with Gasteiger partial charge in [-0.1, -0.05) is 30.9 Å². The Balaban J connectivity index is 2.34. The summed E-state index contributed by atoms with van der Waals surface area (Å²) in [6, 6.07) is 4.22. The van der Waals surface area contributed by atoms with Crippen LogP contribution in [0.5, 0.6) is 0 Å². The second kappa shape index (κ2) is 9.87. The molecule has 0 aromatic heterocycles. The third-order valence-corrected chi connectivity index (χ3v) is 7.30. The smallest absolute Gasteiger partial charge is 0.337 e. The summed E-state index contributed by atoms with van der Waals surface area (Å²) in [5, 5.41) is 0.112. The molecule has 0 saturated heterocycles. The van der Waals surface area contributed by atoms with E-state index in [1.165, 1.54) is 36.0 Å². The Hall–Kier alpha value is -1.15. The molecule has 1 aliphatic carbocycles. The van der Waals surface area contributed by atoms with Gasteiger partial charge in [0, 0.05) is 19.6 Å². The van der Waals surface area contributed by atoms with Crippen LogP contribution < -0.4 is 0 Å². The number of hydrogen-bond acceptors (Lipinski definition) is 5. The average Bonchev–Trinajstić information content (AvgIpc) is 2.65. The SMILES string of the molecule is COC(=O)c1ccc(Cl)c(S(=O)(=O)N(CCN(C)C)CC2CCCCC2)c1. The van der Waals surface area contributed by atoms with Crippen LogP contribution in [0.15, 0.2) is 23.1 Å². The maximum atomic E-state index is 13.4. The first-order valence-corrected chi connectivity index (χ1v) is 11.1. The molecule has 8 heteroatoms. The zero-order valence-corrected chi connectivity index (χ0v) is 17.9. The van der Waals surface area contributed by atoms with Crippen molar-refractivity contribution in [2.75, 3.05) is 40.8 Å². The van der Waals surface area contributed by atoms with Gasteiger partial charge in [-0.15, -0.1) is 0 Å². The second-order valence-electron chi connectivity index (χ2n) is 7.31. The molecule has 152 valence electrons. The fourth-order valence-corrected chi connectivity index (χ4v) is 5.37. The number of halogens is 1. The van der Waals surface area contributed by atoms with Crippen LogP contribution in [0, 0.1) is 5.92 Å². The molecule has 0 heterocycles. The Kier molecular flexibility index (Phi) is 8.09. The molecule has 1 fully saturated rings. The van der Waals surface area contributed by atoms with Crippen LogP contribution >= 0.6 is 11.6 Å². The number of hydrogen-bond donors (Lipinski definition) is 0. The number of carbonyl (C=O) groups excluding carboxylic acids is 1. The van der Waals surface area contributed by atoms with Gasteiger partial charge >= 0.3 is 5.97 Å². The van der Waals surface area contributed by atoms with E-state index in [1.807, 2.05) is 19.0 Å². The minimum absolute atomic E-state index is 0.0402. The molecule has 2 rings (SSSR count). The Bertz CT molecular complexity index is 746. The fourth-order valence-electron chi connectivity index (χ4n) is 3.36. The Morgan fingerprint density at radius 3 is 2.44 bits per heavy atom. The summed E-state index contributed by atoms with van der Waals surface area (Å²) in [5.41, 5.74) is 0.172. The predicted octanol–water partition coefficient (Wildman–Crippen LogP) is 3.26. The first kappa shape index (κ1) is 22.1. The van der Waals surface area contributed by atoms with E-state index in [0.29, 0.717) is 25.6 Å². The summed E-state index contributed by atoms with van der Waals surface area (Å²) >= 11 is 6.21. The molecule has 0 N–H and O–H groups in total. The largest absolute Gasteiger partial charge is 0.465 e. The van der Waals surface area contributed by atoms with E-state index < -0.39 is 16.0 Å². The maximum absolute atomic E-state index is 13.4. The molecule has 1 saturated carbocycles. The first-order chi connectivity index (χ1) is 12.8. The van der Waals surface area contributed by atoms with Gasteiger partial charge in [0.05, 0.1) is 17.7 Å². The highest BCUT2D eigenvalue weighted by Crippen LogP contribution is 2.30. The number of likely N-dealkylation sites (N-methyl/N-ethyl adjacent to an activating group) is 1. The van der Waals surface area contributed by atoms with E-state index in [2.05, 4.69) is 0 Å². The number of sulfonamides is 1. The van der Waals surface area contributed by atoms with Crippen LogP contribution in [0.1, 0.15) is 42.5 Å². The van der Waals surface area contributed by atoms with E-state index in [-0.39, 0.29) is 15.5 Å². The third-order valence-electron chi connectivity index (χ3n) is 4.95. The molecule has 1 aromatic rings. The maximum Gasteiger partial charge on any atom is 0.337 e. The van der Waals surface area contributed by atoms with E-state index >= 15 is 0 Å². The van der Waals surface area contributed by atoms with Crippen LogP contribution in [0.3, 0.4) is 0 Å². The average molecular weight is 417 g/mol. The summed E-state index contributed by atoms with van der Waals surface area (Å²) < 4.78 is 33.0. The van der Waals surface area contributed by atoms with Crippen molar-refractivity contribution in [1.82, 2.24) is 9.21 Å². The monoisotopic (exact) mass is 416 g/mol. The fraction of sp³-hybridized carbons (Fsp3) is 0.632. The lowest BCUT2D eigenvalue weighted by Gasteiger charge is -2.30. The van der Waals surface area contributed by atoms with Gasteiger partial charge in [0.2, 0.25) is 10.0 Å². The van der Waals surface area contributed by atoms with Crippen LogP contribution in [-0.4, -0.2) is 64.4 Å². The van der Waals surface area contributed by atoms with Crippen LogP contribution in [0.4, 0.5) is 0 Å². The lowest BCUT2D eigenvalue weighted by atomic mass is 9.89. The molecule has 6 nitrogen and oxygen atoms in total. The van der Waals surface area contributed by atoms with Crippen molar-refractivity contribution in [2.45, 2.75) is 37.0 Å². The summed E-state index contributed by atoms with van der Waals surface area (Å²) in [6.45, 7) is 1.47. The predicted molar refractivity (Wildman–Crippen MR) is 107 cm³/mol. The quantitative estimate of drug-likeness (QED) is 0.608. The van der Waals surface area contributed by atoms with Crippen molar-refractivity contribution >= 4 is 27.6 Å². The summed E-state index contributed by atoms with van der Waals surface area (Å²) in [7, 11) is 1.26. The third kappa shape index (κ3) is 5.91. The standard InChI is InChI=1S/C19H29ClN2O4S/c1-21(2)11-12-22(14-15-7-5-4-6-8-15)27(24,25)18-13-16(19(23)26-3)9-10-17(18)20/h9-10,13,15H,4-8,11-12,14H2,1-3H3. The Labute approximate surface area is 167 Å². The number of nitrogens with zero attached hydrogens (tertiary/aromatic N) is 2. The molecule has 0 amide bonds. The van der Waals surface area contributed by atoms with Gasteiger partial charge in [-0.2, -0.15) is 4.31 Å². The van der Waals surface area contributed by atoms with E-state index in [9.17, 15) is 13.2 Å². The van der Waals surface area contributed by atoms with E-state index in [4.69, 9.17) is 16.3 Å². The van der Waals surface area contributed by atoms with Gasteiger partial charge in [0.15, 0.2) is 0 Å². The minimum atomic E-state index is -3.82. The topological polar surface area (TPSA) is 66.9 Å². The van der Waals surface area contributed by atoms with Gasteiger partial charge in [0.1, 0.15) is 4.90 Å². The highest BCUT2D eigenvalue weighted by molar-refractivity contribution is 7.89. The van der Waals surface area contributed by atoms with Gasteiger partial charge < -0.3 is 9.64 Å². The molecule has 1 aromatic carbocycles. The van der Waals surface area contributed by atoms with Gasteiger partial charge in [-0.05, 0) is 51.1 Å². The molecule has 27 heavy (non-hydrogen) atoms. The molecule has 0 atom stereocenters. The van der Waals surface area contributed by atoms with Gasteiger partial charge in [-0.3, -0.25) is 0 Å². The van der Waals surface area contributed by atoms with Gasteiger partial charge in [0.25, 0.3) is 0 Å². The van der Waals surface area contributed by atoms with Crippen molar-refractivity contribution in [2.24, 2.45) is 5.92 Å². The molecular weight excluding hydrogens is 388 g/mol. The molecule has 0 radical (unpaired) electrons. The van der Waals surface area contributed by atoms with Crippen molar-refractivity contribution in [3.63, 3.8) is 0 Å². The number of carbonyl (C=O) groups is 1. The Morgan fingerprint density at radius 2 is 1.85 bits per heavy atom. The number of rotatable bonds is 8. The van der Waals surface area contributed by atoms with E-state index in [0.717, 1.165) is 25.7 Å². The van der Waals surface area contributed by atoms with Crippen LogP contribution in [0.25, 0.3) is 0 Å². The molecular formula is C19H29ClN2O4S. The van der Waals surface area contributed by atoms with Crippen LogP contribution in [-0.2, 0) is 14.8 Å². The number of esters is 1. The van der Waals surface area contributed by atoms with Crippen molar-refractivity contribution in [3.05, 3.63) is 28.8 Å². The van der Waals surface area contributed by atoms with Crippen molar-refractivity contribution in [3.8, 4) is 0 Å². The minimum Gasteiger partial charge on any atom is -0.465 e. The number of benzene rings is 1. The van der Waals surface area contributed by atoms with E-state index in [1.54, 1.807) is 0 Å². The molecule has 0 aliphatic heterocycles. The molecule has 0 unspecified atom stereocenters. The molecule has 1 aliphatic rings. The normalized spacial score (nSPS) is 16.1. The first-order valence-electron chi connectivity index (χ1n) is 9.28. The summed E-state index contributed by atoms with van der Waals surface area (Å²) in [5.74, 6) is -0.228. The molecule has 0 bridgehead atoms. The number of methoxy groups -OCH3 is 1. The zero-order chi connectivity index (χ0) is 20.0. The summed E-state index contributed by atoms with van der Waals surface area (Å²) in [6.07, 6.45) is 5.59. The van der Waals surface area contributed by atoms with Crippen LogP contribution in [0.2, 0.25) is 5.02 Å². The zero-order valence-electron chi connectivity index (χ0n) is 16.3. The lowest BCUT2D eigenvalue weighted by molar-refractivity contribution is 0.0600. The lowest BCUT2D eigenvalue weighted by Crippen LogP contribution is -2.40. The second-order valence-corrected chi connectivity index (χ2v) is 9.62. The Morgan fingerprint density at radius 1 is 1.19 bits per heavy atom. The summed E-state index contributed by atoms with van der Waals surface area (Å²) in [4.78, 5) is 13.7. The number of ether oxygens (including phenoxy) is 1. The highest BCUT2D eigenvalue weighted by Gasteiger charge is 2.30. The van der Waals surface area contributed by atoms with Gasteiger partial charge in [-0.25, -0.2) is 13.2 Å². The van der Waals surface area contributed by atoms with Crippen molar-refractivity contribution in [1.29, 1.82) is 0 Å².